The van der Waals surface area contributed by atoms with Crippen molar-refractivity contribution < 1.29 is 30.0 Å². The maximum Gasteiger partial charge on any atom is 2.00 e. The van der Waals surface area contributed by atoms with Crippen LogP contribution in [0, 0.1) is 12.1 Å². The molecular weight excluding hydrogens is 397 g/mol. The van der Waals surface area contributed by atoms with E-state index < -0.39 is 5.97 Å². The Morgan fingerprint density at radius 1 is 1.17 bits per heavy atom. The van der Waals surface area contributed by atoms with E-state index in [1.807, 2.05) is 28.8 Å². The van der Waals surface area contributed by atoms with Crippen LogP contribution in [0.15, 0.2) is 53.5 Å². The van der Waals surface area contributed by atoms with Crippen LogP contribution in [0.25, 0.3) is 10.9 Å². The van der Waals surface area contributed by atoms with Crippen molar-refractivity contribution in [2.75, 3.05) is 6.61 Å². The van der Waals surface area contributed by atoms with Crippen molar-refractivity contribution in [3.05, 3.63) is 82.1 Å². The minimum Gasteiger partial charge on any atom is -0.462 e. The molecular formula is C19H15NO3Pd. The van der Waals surface area contributed by atoms with Gasteiger partial charge < -0.3 is 14.1 Å². The summed E-state index contributed by atoms with van der Waals surface area (Å²) < 4.78 is 6.82. The van der Waals surface area contributed by atoms with Gasteiger partial charge in [0.15, 0.2) is 0 Å². The Morgan fingerprint density at radius 2 is 1.96 bits per heavy atom. The average molecular weight is 412 g/mol. The van der Waals surface area contributed by atoms with E-state index in [-0.39, 0.29) is 38.0 Å². The third kappa shape index (κ3) is 3.64. The van der Waals surface area contributed by atoms with E-state index in [4.69, 9.17) is 4.74 Å². The van der Waals surface area contributed by atoms with E-state index in [1.165, 1.54) is 0 Å². The molecule has 3 rings (SSSR count). The molecule has 124 valence electrons. The van der Waals surface area contributed by atoms with Gasteiger partial charge in [-0.2, -0.15) is 54.6 Å². The molecule has 0 aliphatic heterocycles. The molecule has 0 spiro atoms. The molecule has 0 N–H and O–H groups in total. The maximum atomic E-state index is 12.5. The number of ether oxygens (including phenoxy) is 1. The Morgan fingerprint density at radius 3 is 2.67 bits per heavy atom. The van der Waals surface area contributed by atoms with Gasteiger partial charge in [-0.15, -0.1) is 5.56 Å². The Bertz CT molecular complexity index is 903. The van der Waals surface area contributed by atoms with Crippen molar-refractivity contribution in [1.29, 1.82) is 0 Å². The smallest absolute Gasteiger partial charge is 0.462 e. The normalized spacial score (nSPS) is 10.2. The fraction of sp³-hybridized carbons (Fsp3) is 0.158. The molecule has 0 aliphatic carbocycles. The summed E-state index contributed by atoms with van der Waals surface area (Å²) in [5.41, 5.74) is 1.31. The zero-order valence-corrected chi connectivity index (χ0v) is 14.6. The quantitative estimate of drug-likeness (QED) is 0.377. The number of carbonyl (C=O) groups is 1. The number of benzene rings is 2. The number of hydrogen-bond acceptors (Lipinski definition) is 3. The van der Waals surface area contributed by atoms with Crippen molar-refractivity contribution in [3.8, 4) is 0 Å². The zero-order chi connectivity index (χ0) is 16.2. The van der Waals surface area contributed by atoms with E-state index in [9.17, 15) is 9.59 Å². The number of pyridine rings is 1. The van der Waals surface area contributed by atoms with E-state index in [0.717, 1.165) is 5.56 Å². The predicted molar refractivity (Wildman–Crippen MR) is 87.4 cm³/mol. The fourth-order valence-corrected chi connectivity index (χ4v) is 2.46. The molecule has 2 aromatic carbocycles. The van der Waals surface area contributed by atoms with Gasteiger partial charge in [-0.1, -0.05) is 10.9 Å². The molecule has 0 bridgehead atoms. The van der Waals surface area contributed by atoms with Crippen LogP contribution in [0.1, 0.15) is 22.8 Å². The third-order valence-electron chi connectivity index (χ3n) is 3.51. The predicted octanol–water partition coefficient (Wildman–Crippen LogP) is 2.82. The van der Waals surface area contributed by atoms with Crippen molar-refractivity contribution in [3.63, 3.8) is 0 Å². The molecule has 3 aromatic rings. The summed E-state index contributed by atoms with van der Waals surface area (Å²) >= 11 is 0. The van der Waals surface area contributed by atoms with Crippen LogP contribution in [-0.2, 0) is 31.7 Å². The zero-order valence-electron chi connectivity index (χ0n) is 13.0. The van der Waals surface area contributed by atoms with Gasteiger partial charge in [0, 0.05) is 12.7 Å². The molecule has 0 amide bonds. The molecule has 4 nitrogen and oxygen atoms in total. The van der Waals surface area contributed by atoms with E-state index >= 15 is 0 Å². The summed E-state index contributed by atoms with van der Waals surface area (Å²) in [5.74, 6) is -0.603. The number of aromatic nitrogens is 1. The first-order valence-electron chi connectivity index (χ1n) is 7.37. The minimum absolute atomic E-state index is 0. The van der Waals surface area contributed by atoms with Crippen LogP contribution in [0.3, 0.4) is 0 Å². The van der Waals surface area contributed by atoms with Gasteiger partial charge in [-0.3, -0.25) is 0 Å². The molecule has 0 saturated heterocycles. The second-order valence-electron chi connectivity index (χ2n) is 5.04. The Kier molecular flexibility index (Phi) is 6.08. The van der Waals surface area contributed by atoms with Crippen LogP contribution in [-0.4, -0.2) is 17.1 Å². The van der Waals surface area contributed by atoms with Crippen LogP contribution < -0.4 is 5.43 Å². The van der Waals surface area contributed by atoms with E-state index in [2.05, 4.69) is 12.1 Å². The SMILES string of the molecule is CCOC(=O)c1cn(Cc2[c-]cccc2)c2[c-]cccc2c1=O.[Pd+2]. The number of rotatable bonds is 4. The Labute approximate surface area is 153 Å². The van der Waals surface area contributed by atoms with Crippen LogP contribution in [0.5, 0.6) is 0 Å². The summed E-state index contributed by atoms with van der Waals surface area (Å²) in [6, 6.07) is 19.0. The molecule has 1 heterocycles. The van der Waals surface area contributed by atoms with Crippen LogP contribution in [0.2, 0.25) is 0 Å². The largest absolute Gasteiger partial charge is 2.00 e. The Hall–Kier alpha value is -2.22. The number of nitrogens with zero attached hydrogens (tertiary/aromatic N) is 1. The van der Waals surface area contributed by atoms with Gasteiger partial charge in [-0.25, -0.2) is 4.79 Å². The number of carbonyl (C=O) groups excluding carboxylic acids is 1. The van der Waals surface area contributed by atoms with Crippen molar-refractivity contribution in [2.45, 2.75) is 13.5 Å². The first-order chi connectivity index (χ1) is 11.2. The number of fused-ring (bicyclic) bond motifs is 1. The van der Waals surface area contributed by atoms with Crippen LogP contribution >= 0.6 is 0 Å². The molecule has 0 radical (unpaired) electrons. The molecule has 0 unspecified atom stereocenters. The third-order valence-corrected chi connectivity index (χ3v) is 3.51. The van der Waals surface area contributed by atoms with Crippen molar-refractivity contribution in [2.24, 2.45) is 0 Å². The fourth-order valence-electron chi connectivity index (χ4n) is 2.46. The van der Waals surface area contributed by atoms with Gasteiger partial charge >= 0.3 is 26.4 Å². The summed E-state index contributed by atoms with van der Waals surface area (Å²) in [4.78, 5) is 24.6. The average Bonchev–Trinajstić information content (AvgIpc) is 2.58. The minimum atomic E-state index is -0.603. The van der Waals surface area contributed by atoms with Crippen molar-refractivity contribution >= 4 is 16.9 Å². The van der Waals surface area contributed by atoms with Gasteiger partial charge in [-0.05, 0) is 6.92 Å². The standard InChI is InChI=1S/C19H15NO3.Pd/c1-2-23-19(22)16-13-20(12-14-8-4-3-5-9-14)17-11-7-6-10-15(17)18(16)21;/h3-8,10,13H,2,12H2,1H3;/q-2;+2. The van der Waals surface area contributed by atoms with E-state index in [0.29, 0.717) is 17.4 Å². The van der Waals surface area contributed by atoms with Gasteiger partial charge in [0.2, 0.25) is 0 Å². The molecule has 0 fully saturated rings. The monoisotopic (exact) mass is 411 g/mol. The van der Waals surface area contributed by atoms with Gasteiger partial charge in [0.1, 0.15) is 11.0 Å². The molecule has 0 atom stereocenters. The number of para-hydroxylation sites is 1. The molecule has 24 heavy (non-hydrogen) atoms. The summed E-state index contributed by atoms with van der Waals surface area (Å²) in [7, 11) is 0. The number of esters is 1. The van der Waals surface area contributed by atoms with Gasteiger partial charge in [0.25, 0.3) is 0 Å². The molecule has 1 aromatic heterocycles. The van der Waals surface area contributed by atoms with Crippen molar-refractivity contribution in [1.82, 2.24) is 4.57 Å². The summed E-state index contributed by atoms with van der Waals surface area (Å²) in [5, 5.41) is 0.453. The second-order valence-corrected chi connectivity index (χ2v) is 5.04. The second kappa shape index (κ2) is 8.05. The maximum absolute atomic E-state index is 12.5. The molecule has 0 saturated carbocycles. The first-order valence-corrected chi connectivity index (χ1v) is 7.37. The van der Waals surface area contributed by atoms with E-state index in [1.54, 1.807) is 31.3 Å². The van der Waals surface area contributed by atoms with Crippen LogP contribution in [0.4, 0.5) is 0 Å². The first kappa shape index (κ1) is 18.1. The topological polar surface area (TPSA) is 48.3 Å². The Balaban J connectivity index is 0.00000208. The van der Waals surface area contributed by atoms with Gasteiger partial charge in [0.05, 0.1) is 6.61 Å². The molecule has 5 heteroatoms. The number of hydrogen-bond donors (Lipinski definition) is 0. The summed E-state index contributed by atoms with van der Waals surface area (Å²) in [6.07, 6.45) is 1.54. The molecule has 0 aliphatic rings. The summed E-state index contributed by atoms with van der Waals surface area (Å²) in [6.45, 7) is 2.43.